The van der Waals surface area contributed by atoms with E-state index in [0.29, 0.717) is 10.7 Å². The summed E-state index contributed by atoms with van der Waals surface area (Å²) in [6.07, 6.45) is 0. The van der Waals surface area contributed by atoms with Crippen molar-refractivity contribution in [3.8, 4) is 11.6 Å². The van der Waals surface area contributed by atoms with Crippen molar-refractivity contribution in [2.45, 2.75) is 0 Å². The number of aromatic nitrogens is 3. The summed E-state index contributed by atoms with van der Waals surface area (Å²) < 4.78 is 8.85. The van der Waals surface area contributed by atoms with Crippen molar-refractivity contribution in [1.82, 2.24) is 14.5 Å². The van der Waals surface area contributed by atoms with Crippen LogP contribution in [0.3, 0.4) is 0 Å². The number of imidazole rings is 1. The lowest BCUT2D eigenvalue weighted by atomic mass is 10.3. The highest BCUT2D eigenvalue weighted by molar-refractivity contribution is 14.1. The fourth-order valence-corrected chi connectivity index (χ4v) is 2.76. The van der Waals surface area contributed by atoms with Gasteiger partial charge in [-0.3, -0.25) is 4.57 Å². The summed E-state index contributed by atoms with van der Waals surface area (Å²) in [5.74, 6) is 0.570. The van der Waals surface area contributed by atoms with Gasteiger partial charge in [-0.15, -0.1) is 0 Å². The molecule has 1 N–H and O–H groups in total. The molecule has 96 valence electrons. The SMILES string of the molecule is COc1ccc2[nH]c(=S)n(-c3cccc(I)c3)c2n1. The molecule has 0 amide bonds. The smallest absolute Gasteiger partial charge is 0.215 e. The highest BCUT2D eigenvalue weighted by Gasteiger charge is 2.09. The summed E-state index contributed by atoms with van der Waals surface area (Å²) in [7, 11) is 1.60. The molecular weight excluding hydrogens is 373 g/mol. The molecule has 2 heterocycles. The number of ether oxygens (including phenoxy) is 1. The predicted octanol–water partition coefficient (Wildman–Crippen LogP) is 3.70. The second-order valence-electron chi connectivity index (χ2n) is 3.97. The second kappa shape index (κ2) is 4.93. The lowest BCUT2D eigenvalue weighted by Crippen LogP contribution is -1.97. The van der Waals surface area contributed by atoms with Gasteiger partial charge in [-0.1, -0.05) is 6.07 Å². The van der Waals surface area contributed by atoms with Crippen LogP contribution in [0, 0.1) is 8.34 Å². The number of pyridine rings is 1. The molecule has 0 aliphatic rings. The van der Waals surface area contributed by atoms with E-state index >= 15 is 0 Å². The van der Waals surface area contributed by atoms with Crippen molar-refractivity contribution in [3.05, 3.63) is 44.7 Å². The molecule has 1 aromatic carbocycles. The van der Waals surface area contributed by atoms with Crippen LogP contribution in [0.25, 0.3) is 16.9 Å². The molecule has 0 radical (unpaired) electrons. The second-order valence-corrected chi connectivity index (χ2v) is 5.60. The standard InChI is InChI=1S/C13H10IN3OS/c1-18-11-6-5-10-12(16-11)17(13(19)15-10)9-4-2-3-8(14)7-9/h2-7H,1H3,(H,15,19). The third-order valence-corrected chi connectivity index (χ3v) is 3.74. The monoisotopic (exact) mass is 383 g/mol. The maximum atomic E-state index is 5.38. The summed E-state index contributed by atoms with van der Waals surface area (Å²) in [6.45, 7) is 0. The third kappa shape index (κ3) is 2.25. The van der Waals surface area contributed by atoms with Crippen molar-refractivity contribution in [3.63, 3.8) is 0 Å². The highest BCUT2D eigenvalue weighted by Crippen LogP contribution is 2.21. The zero-order chi connectivity index (χ0) is 13.4. The lowest BCUT2D eigenvalue weighted by Gasteiger charge is -2.05. The van der Waals surface area contributed by atoms with Gasteiger partial charge in [-0.2, -0.15) is 4.98 Å². The largest absolute Gasteiger partial charge is 0.481 e. The first-order chi connectivity index (χ1) is 9.19. The van der Waals surface area contributed by atoms with Crippen LogP contribution >= 0.6 is 34.8 Å². The maximum Gasteiger partial charge on any atom is 0.215 e. The zero-order valence-electron chi connectivity index (χ0n) is 10.1. The molecule has 19 heavy (non-hydrogen) atoms. The number of rotatable bonds is 2. The molecule has 6 heteroatoms. The van der Waals surface area contributed by atoms with E-state index in [9.17, 15) is 0 Å². The number of hydrogen-bond acceptors (Lipinski definition) is 3. The van der Waals surface area contributed by atoms with Crippen LogP contribution in [-0.4, -0.2) is 21.6 Å². The minimum absolute atomic E-state index is 0.570. The van der Waals surface area contributed by atoms with E-state index in [1.54, 1.807) is 7.11 Å². The summed E-state index contributed by atoms with van der Waals surface area (Å²) >= 11 is 7.66. The molecule has 0 saturated heterocycles. The fourth-order valence-electron chi connectivity index (χ4n) is 1.93. The Morgan fingerprint density at radius 2 is 2.16 bits per heavy atom. The Morgan fingerprint density at radius 1 is 1.32 bits per heavy atom. The van der Waals surface area contributed by atoms with Gasteiger partial charge < -0.3 is 9.72 Å². The van der Waals surface area contributed by atoms with Gasteiger partial charge in [0.15, 0.2) is 10.4 Å². The van der Waals surface area contributed by atoms with Crippen LogP contribution in [-0.2, 0) is 0 Å². The molecule has 0 aliphatic heterocycles. The molecule has 0 unspecified atom stereocenters. The Hall–Kier alpha value is -1.41. The quantitative estimate of drug-likeness (QED) is 0.542. The summed E-state index contributed by atoms with van der Waals surface area (Å²) in [5, 5.41) is 0. The Balaban J connectivity index is 2.33. The van der Waals surface area contributed by atoms with Crippen LogP contribution in [0.4, 0.5) is 0 Å². The van der Waals surface area contributed by atoms with E-state index in [-0.39, 0.29) is 0 Å². The normalized spacial score (nSPS) is 10.8. The fraction of sp³-hybridized carbons (Fsp3) is 0.0769. The van der Waals surface area contributed by atoms with Gasteiger partial charge in [-0.05, 0) is 59.1 Å². The lowest BCUT2D eigenvalue weighted by molar-refractivity contribution is 0.399. The number of methoxy groups -OCH3 is 1. The van der Waals surface area contributed by atoms with Crippen molar-refractivity contribution in [2.75, 3.05) is 7.11 Å². The molecule has 0 fully saturated rings. The number of nitrogens with one attached hydrogen (secondary N) is 1. The summed E-state index contributed by atoms with van der Waals surface area (Å²) in [6, 6.07) is 11.8. The van der Waals surface area contributed by atoms with E-state index in [0.717, 1.165) is 20.4 Å². The van der Waals surface area contributed by atoms with E-state index in [1.807, 2.05) is 34.9 Å². The first-order valence-corrected chi connectivity index (χ1v) is 7.09. The van der Waals surface area contributed by atoms with Crippen LogP contribution in [0.2, 0.25) is 0 Å². The minimum atomic E-state index is 0.570. The Kier molecular flexibility index (Phi) is 3.28. The van der Waals surface area contributed by atoms with E-state index < -0.39 is 0 Å². The van der Waals surface area contributed by atoms with Crippen LogP contribution < -0.4 is 4.74 Å². The van der Waals surface area contributed by atoms with E-state index in [1.165, 1.54) is 0 Å². The molecule has 0 atom stereocenters. The zero-order valence-corrected chi connectivity index (χ0v) is 13.0. The molecule has 4 nitrogen and oxygen atoms in total. The van der Waals surface area contributed by atoms with Gasteiger partial charge in [-0.25, -0.2) is 0 Å². The predicted molar refractivity (Wildman–Crippen MR) is 85.5 cm³/mol. The Labute approximate surface area is 128 Å². The molecule has 0 aliphatic carbocycles. The first kappa shape index (κ1) is 12.6. The van der Waals surface area contributed by atoms with Crippen molar-refractivity contribution in [1.29, 1.82) is 0 Å². The molecular formula is C13H10IN3OS. The van der Waals surface area contributed by atoms with Gasteiger partial charge in [0.2, 0.25) is 5.88 Å². The average molecular weight is 383 g/mol. The summed E-state index contributed by atoms with van der Waals surface area (Å²) in [4.78, 5) is 7.61. The van der Waals surface area contributed by atoms with Crippen LogP contribution in [0.5, 0.6) is 5.88 Å². The summed E-state index contributed by atoms with van der Waals surface area (Å²) in [5.41, 5.74) is 2.65. The van der Waals surface area contributed by atoms with Crippen molar-refractivity contribution < 1.29 is 4.74 Å². The van der Waals surface area contributed by atoms with Gasteiger partial charge in [0.25, 0.3) is 0 Å². The van der Waals surface area contributed by atoms with Gasteiger partial charge in [0, 0.05) is 9.64 Å². The molecule has 3 aromatic rings. The van der Waals surface area contributed by atoms with E-state index in [4.69, 9.17) is 17.0 Å². The number of benzene rings is 1. The van der Waals surface area contributed by atoms with Crippen molar-refractivity contribution in [2.24, 2.45) is 0 Å². The van der Waals surface area contributed by atoms with Gasteiger partial charge >= 0.3 is 0 Å². The van der Waals surface area contributed by atoms with Gasteiger partial charge in [0.05, 0.1) is 18.3 Å². The van der Waals surface area contributed by atoms with Gasteiger partial charge in [0.1, 0.15) is 0 Å². The molecule has 0 spiro atoms. The molecule has 0 saturated carbocycles. The van der Waals surface area contributed by atoms with Crippen LogP contribution in [0.1, 0.15) is 0 Å². The topological polar surface area (TPSA) is 42.8 Å². The molecule has 2 aromatic heterocycles. The van der Waals surface area contributed by atoms with Crippen LogP contribution in [0.15, 0.2) is 36.4 Å². The number of H-pyrrole nitrogens is 1. The maximum absolute atomic E-state index is 5.38. The average Bonchev–Trinajstić information content (AvgIpc) is 2.73. The van der Waals surface area contributed by atoms with E-state index in [2.05, 4.69) is 38.6 Å². The Morgan fingerprint density at radius 3 is 2.89 bits per heavy atom. The Bertz CT molecular complexity index is 809. The molecule has 3 rings (SSSR count). The number of halogens is 1. The number of hydrogen-bond donors (Lipinski definition) is 1. The number of aromatic amines is 1. The minimum Gasteiger partial charge on any atom is -0.481 e. The number of nitrogens with zero attached hydrogens (tertiary/aromatic N) is 2. The third-order valence-electron chi connectivity index (χ3n) is 2.78. The number of fused-ring (bicyclic) bond motifs is 1. The molecule has 0 bridgehead atoms. The van der Waals surface area contributed by atoms with Crippen molar-refractivity contribution >= 4 is 46.0 Å². The first-order valence-electron chi connectivity index (χ1n) is 5.61. The highest BCUT2D eigenvalue weighted by atomic mass is 127.